The molecule has 0 saturated carbocycles. The zero-order chi connectivity index (χ0) is 15.9. The van der Waals surface area contributed by atoms with E-state index in [-0.39, 0.29) is 5.56 Å². The zero-order valence-electron chi connectivity index (χ0n) is 13.4. The highest BCUT2D eigenvalue weighted by Crippen LogP contribution is 2.21. The topological polar surface area (TPSA) is 25.2 Å². The van der Waals surface area contributed by atoms with Crippen molar-refractivity contribution >= 4 is 16.5 Å². The molecule has 3 aromatic rings. The summed E-state index contributed by atoms with van der Waals surface area (Å²) >= 11 is 0. The van der Waals surface area contributed by atoms with Crippen molar-refractivity contribution in [3.63, 3.8) is 0 Å². The van der Waals surface area contributed by atoms with Crippen LogP contribution in [0.1, 0.15) is 11.1 Å². The zero-order valence-corrected chi connectivity index (χ0v) is 13.4. The summed E-state index contributed by atoms with van der Waals surface area (Å²) in [5.41, 5.74) is 4.39. The average molecular weight is 292 g/mol. The SMILES string of the molecule is Cc1cccc(-n2ccc3cc(N(C)C)ccc3c2=O)c1C. The van der Waals surface area contributed by atoms with E-state index < -0.39 is 0 Å². The molecule has 0 radical (unpaired) electrons. The first-order chi connectivity index (χ1) is 10.5. The molecule has 0 amide bonds. The fraction of sp³-hybridized carbons (Fsp3) is 0.211. The van der Waals surface area contributed by atoms with Gasteiger partial charge < -0.3 is 4.90 Å². The highest BCUT2D eigenvalue weighted by Gasteiger charge is 2.08. The lowest BCUT2D eigenvalue weighted by atomic mass is 10.1. The summed E-state index contributed by atoms with van der Waals surface area (Å²) < 4.78 is 1.74. The molecule has 0 atom stereocenters. The van der Waals surface area contributed by atoms with E-state index in [1.165, 1.54) is 5.56 Å². The molecule has 0 bridgehead atoms. The van der Waals surface area contributed by atoms with Crippen LogP contribution in [0.2, 0.25) is 0 Å². The molecule has 0 aliphatic rings. The van der Waals surface area contributed by atoms with Gasteiger partial charge in [0.2, 0.25) is 0 Å². The minimum atomic E-state index is 0.0245. The Labute approximate surface area is 130 Å². The fourth-order valence-corrected chi connectivity index (χ4v) is 2.70. The quantitative estimate of drug-likeness (QED) is 0.720. The molecule has 1 heterocycles. The number of pyridine rings is 1. The summed E-state index contributed by atoms with van der Waals surface area (Å²) in [6, 6.07) is 14.0. The highest BCUT2D eigenvalue weighted by atomic mass is 16.1. The first kappa shape index (κ1) is 14.4. The van der Waals surface area contributed by atoms with Gasteiger partial charge in [0.25, 0.3) is 5.56 Å². The Balaban J connectivity index is 2.25. The van der Waals surface area contributed by atoms with Gasteiger partial charge in [-0.15, -0.1) is 0 Å². The van der Waals surface area contributed by atoms with Gasteiger partial charge >= 0.3 is 0 Å². The maximum absolute atomic E-state index is 12.8. The number of benzene rings is 2. The molecule has 22 heavy (non-hydrogen) atoms. The molecule has 3 nitrogen and oxygen atoms in total. The third kappa shape index (κ3) is 2.29. The molecule has 3 heteroatoms. The summed E-state index contributed by atoms with van der Waals surface area (Å²) in [5.74, 6) is 0. The molecule has 0 aliphatic carbocycles. The van der Waals surface area contributed by atoms with Crippen molar-refractivity contribution in [1.29, 1.82) is 0 Å². The Hall–Kier alpha value is -2.55. The van der Waals surface area contributed by atoms with E-state index in [4.69, 9.17) is 0 Å². The fourth-order valence-electron chi connectivity index (χ4n) is 2.70. The molecule has 0 saturated heterocycles. The van der Waals surface area contributed by atoms with Gasteiger partial charge in [0.05, 0.1) is 5.69 Å². The van der Waals surface area contributed by atoms with E-state index >= 15 is 0 Å². The van der Waals surface area contributed by atoms with Crippen LogP contribution in [0.4, 0.5) is 5.69 Å². The number of hydrogen-bond donors (Lipinski definition) is 0. The normalized spacial score (nSPS) is 10.9. The third-order valence-corrected chi connectivity index (χ3v) is 4.24. The van der Waals surface area contributed by atoms with Crippen LogP contribution in [-0.4, -0.2) is 18.7 Å². The first-order valence-electron chi connectivity index (χ1n) is 7.38. The Morgan fingerprint density at radius 2 is 1.77 bits per heavy atom. The monoisotopic (exact) mass is 292 g/mol. The maximum atomic E-state index is 12.8. The second-order valence-corrected chi connectivity index (χ2v) is 5.88. The number of aryl methyl sites for hydroxylation is 1. The summed E-state index contributed by atoms with van der Waals surface area (Å²) in [6.45, 7) is 4.12. The van der Waals surface area contributed by atoms with Gasteiger partial charge in [0.15, 0.2) is 0 Å². The number of fused-ring (bicyclic) bond motifs is 1. The molecule has 3 rings (SSSR count). The van der Waals surface area contributed by atoms with Gasteiger partial charge in [-0.3, -0.25) is 9.36 Å². The highest BCUT2D eigenvalue weighted by molar-refractivity contribution is 5.85. The van der Waals surface area contributed by atoms with Crippen molar-refractivity contribution in [1.82, 2.24) is 4.57 Å². The standard InChI is InChI=1S/C19H20N2O/c1-13-6-5-7-18(14(13)2)21-11-10-15-12-16(20(3)4)8-9-17(15)19(21)22/h5-12H,1-4H3. The number of nitrogens with zero attached hydrogens (tertiary/aromatic N) is 2. The van der Waals surface area contributed by atoms with Crippen molar-refractivity contribution in [3.8, 4) is 5.69 Å². The van der Waals surface area contributed by atoms with Gasteiger partial charge in [-0.05, 0) is 60.7 Å². The average Bonchev–Trinajstić information content (AvgIpc) is 2.50. The molecular formula is C19H20N2O. The van der Waals surface area contributed by atoms with E-state index in [1.54, 1.807) is 4.57 Å². The second kappa shape index (κ2) is 5.34. The maximum Gasteiger partial charge on any atom is 0.262 e. The molecule has 0 fully saturated rings. The van der Waals surface area contributed by atoms with Crippen LogP contribution in [0.25, 0.3) is 16.5 Å². The third-order valence-electron chi connectivity index (χ3n) is 4.24. The van der Waals surface area contributed by atoms with Crippen molar-refractivity contribution < 1.29 is 0 Å². The van der Waals surface area contributed by atoms with E-state index in [2.05, 4.69) is 19.9 Å². The van der Waals surface area contributed by atoms with Crippen LogP contribution in [-0.2, 0) is 0 Å². The first-order valence-corrected chi connectivity index (χ1v) is 7.38. The summed E-state index contributed by atoms with van der Waals surface area (Å²) in [5, 5.41) is 1.71. The molecule has 0 N–H and O–H groups in total. The van der Waals surface area contributed by atoms with Crippen molar-refractivity contribution in [2.75, 3.05) is 19.0 Å². The molecule has 2 aromatic carbocycles. The Morgan fingerprint density at radius 1 is 1.00 bits per heavy atom. The predicted octanol–water partition coefficient (Wildman–Crippen LogP) is 3.67. The number of aromatic nitrogens is 1. The smallest absolute Gasteiger partial charge is 0.262 e. The number of anilines is 1. The lowest BCUT2D eigenvalue weighted by molar-refractivity contribution is 0.989. The van der Waals surface area contributed by atoms with Crippen molar-refractivity contribution in [3.05, 3.63) is 70.1 Å². The van der Waals surface area contributed by atoms with E-state index in [9.17, 15) is 4.79 Å². The summed E-state index contributed by atoms with van der Waals surface area (Å²) in [7, 11) is 4.00. The molecule has 0 spiro atoms. The van der Waals surface area contributed by atoms with Crippen LogP contribution < -0.4 is 10.5 Å². The van der Waals surface area contributed by atoms with Crippen LogP contribution >= 0.6 is 0 Å². The molecule has 0 unspecified atom stereocenters. The van der Waals surface area contributed by atoms with Gasteiger partial charge in [-0.1, -0.05) is 12.1 Å². The van der Waals surface area contributed by atoms with Crippen LogP contribution in [0.15, 0.2) is 53.5 Å². The predicted molar refractivity (Wildman–Crippen MR) is 93.3 cm³/mol. The van der Waals surface area contributed by atoms with E-state index in [0.717, 1.165) is 27.7 Å². The molecule has 112 valence electrons. The van der Waals surface area contributed by atoms with Crippen molar-refractivity contribution in [2.24, 2.45) is 0 Å². The van der Waals surface area contributed by atoms with Gasteiger partial charge in [0, 0.05) is 31.4 Å². The number of rotatable bonds is 2. The lowest BCUT2D eigenvalue weighted by Gasteiger charge is -2.15. The number of hydrogen-bond acceptors (Lipinski definition) is 2. The largest absolute Gasteiger partial charge is 0.378 e. The van der Waals surface area contributed by atoms with E-state index in [0.29, 0.717) is 0 Å². The van der Waals surface area contributed by atoms with Gasteiger partial charge in [0.1, 0.15) is 0 Å². The van der Waals surface area contributed by atoms with Crippen LogP contribution in [0.5, 0.6) is 0 Å². The Bertz CT molecular complexity index is 907. The molecule has 0 aliphatic heterocycles. The minimum absolute atomic E-state index is 0.0245. The molecule has 1 aromatic heterocycles. The summed E-state index contributed by atoms with van der Waals surface area (Å²) in [4.78, 5) is 14.9. The van der Waals surface area contributed by atoms with Gasteiger partial charge in [-0.2, -0.15) is 0 Å². The van der Waals surface area contributed by atoms with Crippen molar-refractivity contribution in [2.45, 2.75) is 13.8 Å². The lowest BCUT2D eigenvalue weighted by Crippen LogP contribution is -2.19. The Kier molecular flexibility index (Phi) is 3.49. The Morgan fingerprint density at radius 3 is 2.50 bits per heavy atom. The minimum Gasteiger partial charge on any atom is -0.378 e. The van der Waals surface area contributed by atoms with Gasteiger partial charge in [-0.25, -0.2) is 0 Å². The second-order valence-electron chi connectivity index (χ2n) is 5.88. The van der Waals surface area contributed by atoms with E-state index in [1.807, 2.05) is 61.6 Å². The van der Waals surface area contributed by atoms with Crippen LogP contribution in [0.3, 0.4) is 0 Å². The molecular weight excluding hydrogens is 272 g/mol. The van der Waals surface area contributed by atoms with Crippen LogP contribution in [0, 0.1) is 13.8 Å². The summed E-state index contributed by atoms with van der Waals surface area (Å²) in [6.07, 6.45) is 1.87.